The maximum Gasteiger partial charge on any atom is 0.451 e. The predicted octanol–water partition coefficient (Wildman–Crippen LogP) is 2.60. The van der Waals surface area contributed by atoms with Gasteiger partial charge in [0.1, 0.15) is 11.4 Å². The minimum absolute atomic E-state index is 0.0744. The van der Waals surface area contributed by atoms with Gasteiger partial charge in [-0.05, 0) is 12.1 Å². The second kappa shape index (κ2) is 8.52. The molecule has 11 heteroatoms. The Bertz CT molecular complexity index is 886. The normalized spacial score (nSPS) is 14.4. The molecule has 1 aliphatic rings. The molecule has 2 aromatic rings. The van der Waals surface area contributed by atoms with Crippen LogP contribution in [-0.4, -0.2) is 56.4 Å². The molecule has 1 saturated heterocycles. The zero-order valence-corrected chi connectivity index (χ0v) is 15.7. The Morgan fingerprint density at radius 2 is 1.86 bits per heavy atom. The van der Waals surface area contributed by atoms with Crippen LogP contribution in [-0.2, 0) is 10.9 Å². The standard InChI is InChI=1S/C18H19F3N4O4/c1-27-13-4-3-11(9-14(13)28-2)23-16(26)12-10-22-17(18(19,20)21)24-15(12)25-5-7-29-8-6-25/h3-4,9-10H,5-8H2,1-2H3,(H,23,26). The quantitative estimate of drug-likeness (QED) is 0.808. The monoisotopic (exact) mass is 412 g/mol. The molecule has 1 aromatic heterocycles. The van der Waals surface area contributed by atoms with Crippen molar-refractivity contribution < 1.29 is 32.2 Å². The van der Waals surface area contributed by atoms with Crippen molar-refractivity contribution in [2.45, 2.75) is 6.18 Å². The average Bonchev–Trinajstić information content (AvgIpc) is 2.73. The summed E-state index contributed by atoms with van der Waals surface area (Å²) in [6.45, 7) is 1.26. The molecule has 1 aromatic carbocycles. The summed E-state index contributed by atoms with van der Waals surface area (Å²) in [6, 6.07) is 4.72. The van der Waals surface area contributed by atoms with Gasteiger partial charge in [0, 0.05) is 31.0 Å². The highest BCUT2D eigenvalue weighted by Gasteiger charge is 2.36. The van der Waals surface area contributed by atoms with Crippen LogP contribution in [0.4, 0.5) is 24.7 Å². The van der Waals surface area contributed by atoms with Crippen LogP contribution in [0.15, 0.2) is 24.4 Å². The first-order chi connectivity index (χ1) is 13.8. The first kappa shape index (κ1) is 20.6. The molecule has 0 aliphatic carbocycles. The highest BCUT2D eigenvalue weighted by molar-refractivity contribution is 6.07. The number of nitrogens with zero attached hydrogens (tertiary/aromatic N) is 3. The van der Waals surface area contributed by atoms with Crippen LogP contribution in [0.1, 0.15) is 16.2 Å². The lowest BCUT2D eigenvalue weighted by atomic mass is 10.2. The van der Waals surface area contributed by atoms with E-state index in [1.165, 1.54) is 20.3 Å². The highest BCUT2D eigenvalue weighted by Crippen LogP contribution is 2.31. The van der Waals surface area contributed by atoms with Crippen LogP contribution in [0.2, 0.25) is 0 Å². The lowest BCUT2D eigenvalue weighted by molar-refractivity contribution is -0.144. The maximum atomic E-state index is 13.1. The number of carbonyl (C=O) groups excluding carboxylic acids is 1. The first-order valence-corrected chi connectivity index (χ1v) is 8.63. The van der Waals surface area contributed by atoms with E-state index in [2.05, 4.69) is 15.3 Å². The SMILES string of the molecule is COc1ccc(NC(=O)c2cnc(C(F)(F)F)nc2N2CCOCC2)cc1OC. The molecule has 1 amide bonds. The third kappa shape index (κ3) is 4.67. The number of methoxy groups -OCH3 is 2. The van der Waals surface area contributed by atoms with E-state index in [0.717, 1.165) is 6.20 Å². The minimum Gasteiger partial charge on any atom is -0.493 e. The summed E-state index contributed by atoms with van der Waals surface area (Å²) in [5.41, 5.74) is 0.301. The maximum absolute atomic E-state index is 13.1. The summed E-state index contributed by atoms with van der Waals surface area (Å²) < 4.78 is 54.8. The van der Waals surface area contributed by atoms with E-state index in [1.54, 1.807) is 17.0 Å². The van der Waals surface area contributed by atoms with Crippen molar-refractivity contribution in [2.24, 2.45) is 0 Å². The van der Waals surface area contributed by atoms with Gasteiger partial charge in [-0.15, -0.1) is 0 Å². The van der Waals surface area contributed by atoms with Gasteiger partial charge in [0.2, 0.25) is 5.82 Å². The highest BCUT2D eigenvalue weighted by atomic mass is 19.4. The second-order valence-corrected chi connectivity index (χ2v) is 6.05. The molecule has 29 heavy (non-hydrogen) atoms. The molecule has 0 atom stereocenters. The van der Waals surface area contributed by atoms with Crippen molar-refractivity contribution >= 4 is 17.4 Å². The molecule has 0 radical (unpaired) electrons. The molecule has 8 nitrogen and oxygen atoms in total. The number of aromatic nitrogens is 2. The van der Waals surface area contributed by atoms with Gasteiger partial charge in [0.15, 0.2) is 11.5 Å². The van der Waals surface area contributed by atoms with Gasteiger partial charge < -0.3 is 24.4 Å². The zero-order chi connectivity index (χ0) is 21.0. The van der Waals surface area contributed by atoms with Crippen molar-refractivity contribution in [1.82, 2.24) is 9.97 Å². The molecule has 2 heterocycles. The van der Waals surface area contributed by atoms with E-state index in [1.807, 2.05) is 0 Å². The van der Waals surface area contributed by atoms with Crippen molar-refractivity contribution in [3.8, 4) is 11.5 Å². The third-order valence-corrected chi connectivity index (χ3v) is 4.22. The molecule has 0 bridgehead atoms. The zero-order valence-electron chi connectivity index (χ0n) is 15.7. The molecule has 1 aliphatic heterocycles. The fourth-order valence-corrected chi connectivity index (χ4v) is 2.80. The second-order valence-electron chi connectivity index (χ2n) is 6.05. The summed E-state index contributed by atoms with van der Waals surface area (Å²) >= 11 is 0. The van der Waals surface area contributed by atoms with E-state index in [9.17, 15) is 18.0 Å². The first-order valence-electron chi connectivity index (χ1n) is 8.63. The van der Waals surface area contributed by atoms with E-state index < -0.39 is 17.9 Å². The number of hydrogen-bond acceptors (Lipinski definition) is 7. The van der Waals surface area contributed by atoms with Crippen molar-refractivity contribution in [3.63, 3.8) is 0 Å². The fraction of sp³-hybridized carbons (Fsp3) is 0.389. The molecule has 156 valence electrons. The Kier molecular flexibility index (Phi) is 6.06. The van der Waals surface area contributed by atoms with Crippen LogP contribution in [0.3, 0.4) is 0 Å². The molecular formula is C18H19F3N4O4. The molecular weight excluding hydrogens is 393 g/mol. The summed E-state index contributed by atoms with van der Waals surface area (Å²) in [6.07, 6.45) is -3.84. The smallest absolute Gasteiger partial charge is 0.451 e. The third-order valence-electron chi connectivity index (χ3n) is 4.22. The number of nitrogens with one attached hydrogen (secondary N) is 1. The number of morpholine rings is 1. The molecule has 1 N–H and O–H groups in total. The summed E-state index contributed by atoms with van der Waals surface area (Å²) in [7, 11) is 2.92. The van der Waals surface area contributed by atoms with Gasteiger partial charge in [0.05, 0.1) is 27.4 Å². The molecule has 0 spiro atoms. The van der Waals surface area contributed by atoms with Crippen LogP contribution >= 0.6 is 0 Å². The summed E-state index contributed by atoms with van der Waals surface area (Å²) in [5, 5.41) is 2.63. The Labute approximate surface area is 164 Å². The van der Waals surface area contributed by atoms with E-state index in [-0.39, 0.29) is 11.4 Å². The molecule has 0 unspecified atom stereocenters. The van der Waals surface area contributed by atoms with Gasteiger partial charge >= 0.3 is 6.18 Å². The number of amides is 1. The van der Waals surface area contributed by atoms with E-state index in [0.29, 0.717) is 43.5 Å². The number of benzene rings is 1. The average molecular weight is 412 g/mol. The van der Waals surface area contributed by atoms with Crippen molar-refractivity contribution in [2.75, 3.05) is 50.7 Å². The predicted molar refractivity (Wildman–Crippen MR) is 97.6 cm³/mol. The van der Waals surface area contributed by atoms with Crippen molar-refractivity contribution in [1.29, 1.82) is 0 Å². The number of alkyl halides is 3. The van der Waals surface area contributed by atoms with Gasteiger partial charge in [-0.1, -0.05) is 0 Å². The number of rotatable bonds is 5. The number of carbonyl (C=O) groups is 1. The van der Waals surface area contributed by atoms with Gasteiger partial charge in [-0.3, -0.25) is 4.79 Å². The molecule has 1 fully saturated rings. The number of hydrogen-bond donors (Lipinski definition) is 1. The Morgan fingerprint density at radius 1 is 1.17 bits per heavy atom. The fourth-order valence-electron chi connectivity index (χ4n) is 2.80. The van der Waals surface area contributed by atoms with Crippen molar-refractivity contribution in [3.05, 3.63) is 35.8 Å². The Morgan fingerprint density at radius 3 is 2.48 bits per heavy atom. The molecule has 3 rings (SSSR count). The van der Waals surface area contributed by atoms with E-state index >= 15 is 0 Å². The minimum atomic E-state index is -4.72. The summed E-state index contributed by atoms with van der Waals surface area (Å²) in [4.78, 5) is 21.3. The molecule has 0 saturated carbocycles. The lowest BCUT2D eigenvalue weighted by Crippen LogP contribution is -2.38. The number of anilines is 2. The summed E-state index contributed by atoms with van der Waals surface area (Å²) in [5.74, 6) is -1.18. The van der Waals surface area contributed by atoms with Crippen LogP contribution in [0, 0.1) is 0 Å². The van der Waals surface area contributed by atoms with Gasteiger partial charge in [0.25, 0.3) is 5.91 Å². The van der Waals surface area contributed by atoms with Crippen LogP contribution in [0.5, 0.6) is 11.5 Å². The lowest BCUT2D eigenvalue weighted by Gasteiger charge is -2.29. The van der Waals surface area contributed by atoms with Crippen LogP contribution in [0.25, 0.3) is 0 Å². The largest absolute Gasteiger partial charge is 0.493 e. The topological polar surface area (TPSA) is 85.8 Å². The number of halogens is 3. The van der Waals surface area contributed by atoms with E-state index in [4.69, 9.17) is 14.2 Å². The van der Waals surface area contributed by atoms with Gasteiger partial charge in [-0.25, -0.2) is 9.97 Å². The Hall–Kier alpha value is -3.08. The van der Waals surface area contributed by atoms with Gasteiger partial charge in [-0.2, -0.15) is 13.2 Å². The Balaban J connectivity index is 1.93. The van der Waals surface area contributed by atoms with Crippen LogP contribution < -0.4 is 19.7 Å². The number of ether oxygens (including phenoxy) is 3.